The van der Waals surface area contributed by atoms with Crippen molar-refractivity contribution in [3.05, 3.63) is 64.3 Å². The lowest BCUT2D eigenvalue weighted by atomic mass is 9.92. The van der Waals surface area contributed by atoms with Gasteiger partial charge in [0.1, 0.15) is 18.4 Å². The molecule has 0 saturated carbocycles. The van der Waals surface area contributed by atoms with Gasteiger partial charge in [-0.05, 0) is 54.3 Å². The summed E-state index contributed by atoms with van der Waals surface area (Å²) in [6.07, 6.45) is 1.33. The van der Waals surface area contributed by atoms with Crippen molar-refractivity contribution < 1.29 is 23.7 Å². The fourth-order valence-corrected chi connectivity index (χ4v) is 5.32. The van der Waals surface area contributed by atoms with E-state index in [1.807, 2.05) is 42.5 Å². The molecule has 198 valence electrons. The summed E-state index contributed by atoms with van der Waals surface area (Å²) in [6, 6.07) is 13.6. The van der Waals surface area contributed by atoms with Gasteiger partial charge >= 0.3 is 6.09 Å². The number of aromatic nitrogens is 1. The third kappa shape index (κ3) is 6.04. The highest BCUT2D eigenvalue weighted by molar-refractivity contribution is 6.31. The molecule has 1 saturated heterocycles. The van der Waals surface area contributed by atoms with Crippen LogP contribution in [0.1, 0.15) is 29.3 Å². The Morgan fingerprint density at radius 1 is 1.08 bits per heavy atom. The van der Waals surface area contributed by atoms with E-state index in [0.29, 0.717) is 24.8 Å². The SMILES string of the molecule is COCCOC(=O)N1CCc2c([nH]c3ccc(Cl)cc23)C1c1ccc(OCCCN2CCOCC2)cc1. The average Bonchev–Trinajstić information content (AvgIpc) is 3.29. The summed E-state index contributed by atoms with van der Waals surface area (Å²) in [5.41, 5.74) is 4.18. The summed E-state index contributed by atoms with van der Waals surface area (Å²) in [5.74, 6) is 0.819. The number of ether oxygens (including phenoxy) is 4. The Labute approximate surface area is 222 Å². The summed E-state index contributed by atoms with van der Waals surface area (Å²) in [4.78, 5) is 20.8. The largest absolute Gasteiger partial charge is 0.494 e. The maximum Gasteiger partial charge on any atom is 0.410 e. The summed E-state index contributed by atoms with van der Waals surface area (Å²) >= 11 is 6.30. The monoisotopic (exact) mass is 527 g/mol. The second kappa shape index (κ2) is 12.2. The van der Waals surface area contributed by atoms with Crippen molar-refractivity contribution in [2.75, 3.05) is 66.3 Å². The minimum Gasteiger partial charge on any atom is -0.494 e. The van der Waals surface area contributed by atoms with E-state index in [-0.39, 0.29) is 18.7 Å². The lowest BCUT2D eigenvalue weighted by molar-refractivity contribution is 0.0358. The third-order valence-electron chi connectivity index (χ3n) is 7.02. The van der Waals surface area contributed by atoms with Crippen LogP contribution in [0.2, 0.25) is 5.02 Å². The fraction of sp³-hybridized carbons (Fsp3) is 0.464. The number of amides is 1. The molecule has 1 atom stereocenters. The number of carbonyl (C=O) groups is 1. The van der Waals surface area contributed by atoms with Gasteiger partial charge in [-0.3, -0.25) is 9.80 Å². The number of aromatic amines is 1. The number of methoxy groups -OCH3 is 1. The van der Waals surface area contributed by atoms with Gasteiger partial charge in [0.2, 0.25) is 0 Å². The number of hydrogen-bond acceptors (Lipinski definition) is 6. The van der Waals surface area contributed by atoms with Crippen molar-refractivity contribution in [3.8, 4) is 5.75 Å². The van der Waals surface area contributed by atoms with Crippen molar-refractivity contribution in [2.45, 2.75) is 18.9 Å². The molecular weight excluding hydrogens is 494 g/mol. The summed E-state index contributed by atoms with van der Waals surface area (Å²) < 4.78 is 22.0. The number of morpholine rings is 1. The van der Waals surface area contributed by atoms with Crippen LogP contribution in [0.3, 0.4) is 0 Å². The molecule has 5 rings (SSSR count). The van der Waals surface area contributed by atoms with E-state index in [1.54, 1.807) is 12.0 Å². The van der Waals surface area contributed by atoms with Gasteiger partial charge in [-0.25, -0.2) is 4.79 Å². The standard InChI is InChI=1S/C28H34ClN3O5/c1-34-17-18-37-28(33)32-11-9-23-24-19-21(29)5-8-25(24)30-26(23)27(32)20-3-6-22(7-4-20)36-14-2-10-31-12-15-35-16-13-31/h3-8,19,27,30H,2,9-18H2,1H3. The topological polar surface area (TPSA) is 76.3 Å². The van der Waals surface area contributed by atoms with Crippen molar-refractivity contribution in [3.63, 3.8) is 0 Å². The molecule has 1 amide bonds. The highest BCUT2D eigenvalue weighted by Crippen LogP contribution is 2.39. The van der Waals surface area contributed by atoms with Crippen molar-refractivity contribution in [1.29, 1.82) is 0 Å². The quantitative estimate of drug-likeness (QED) is 0.408. The number of halogens is 1. The highest BCUT2D eigenvalue weighted by atomic mass is 35.5. The molecule has 1 N–H and O–H groups in total. The predicted molar refractivity (Wildman–Crippen MR) is 143 cm³/mol. The van der Waals surface area contributed by atoms with E-state index in [1.165, 1.54) is 5.56 Å². The Kier molecular flexibility index (Phi) is 8.51. The molecule has 3 aromatic rings. The zero-order chi connectivity index (χ0) is 25.6. The van der Waals surface area contributed by atoms with E-state index >= 15 is 0 Å². The number of benzene rings is 2. The Balaban J connectivity index is 1.33. The Morgan fingerprint density at radius 3 is 2.68 bits per heavy atom. The zero-order valence-electron chi connectivity index (χ0n) is 21.2. The molecular formula is C28H34ClN3O5. The molecule has 2 aliphatic rings. The first-order valence-electron chi connectivity index (χ1n) is 12.9. The minimum atomic E-state index is -0.354. The van der Waals surface area contributed by atoms with Crippen LogP contribution >= 0.6 is 11.6 Å². The maximum atomic E-state index is 13.1. The van der Waals surface area contributed by atoms with Gasteiger partial charge in [0, 0.05) is 54.9 Å². The Hall–Kier alpha value is -2.78. The highest BCUT2D eigenvalue weighted by Gasteiger charge is 2.35. The van der Waals surface area contributed by atoms with Crippen molar-refractivity contribution >= 4 is 28.6 Å². The zero-order valence-corrected chi connectivity index (χ0v) is 22.0. The smallest absolute Gasteiger partial charge is 0.410 e. The molecule has 2 aliphatic heterocycles. The number of H-pyrrole nitrogens is 1. The van der Waals surface area contributed by atoms with Gasteiger partial charge in [0.15, 0.2) is 0 Å². The predicted octanol–water partition coefficient (Wildman–Crippen LogP) is 4.65. The van der Waals surface area contributed by atoms with Gasteiger partial charge in [-0.15, -0.1) is 0 Å². The molecule has 0 aliphatic carbocycles. The van der Waals surface area contributed by atoms with Crippen LogP contribution in [-0.2, 0) is 20.6 Å². The summed E-state index contributed by atoms with van der Waals surface area (Å²) in [5, 5.41) is 1.79. The number of nitrogens with zero attached hydrogens (tertiary/aromatic N) is 2. The molecule has 9 heteroatoms. The van der Waals surface area contributed by atoms with Crippen LogP contribution in [0, 0.1) is 0 Å². The molecule has 0 spiro atoms. The number of nitrogens with one attached hydrogen (secondary N) is 1. The first-order valence-corrected chi connectivity index (χ1v) is 13.3. The van der Waals surface area contributed by atoms with Crippen LogP contribution < -0.4 is 4.74 Å². The Bertz CT molecular complexity index is 1190. The average molecular weight is 528 g/mol. The molecule has 3 heterocycles. The second-order valence-corrected chi connectivity index (χ2v) is 9.82. The lowest BCUT2D eigenvalue weighted by Crippen LogP contribution is -2.41. The van der Waals surface area contributed by atoms with E-state index in [2.05, 4.69) is 9.88 Å². The Morgan fingerprint density at radius 2 is 1.89 bits per heavy atom. The normalized spacial score (nSPS) is 18.1. The third-order valence-corrected chi connectivity index (χ3v) is 7.26. The van der Waals surface area contributed by atoms with Crippen LogP contribution in [0.15, 0.2) is 42.5 Å². The van der Waals surface area contributed by atoms with Crippen molar-refractivity contribution in [2.24, 2.45) is 0 Å². The van der Waals surface area contributed by atoms with E-state index in [9.17, 15) is 4.79 Å². The number of fused-ring (bicyclic) bond motifs is 3. The van der Waals surface area contributed by atoms with E-state index in [0.717, 1.165) is 73.6 Å². The molecule has 2 aromatic carbocycles. The molecule has 0 bridgehead atoms. The number of rotatable bonds is 9. The molecule has 0 radical (unpaired) electrons. The van der Waals surface area contributed by atoms with Gasteiger partial charge < -0.3 is 23.9 Å². The number of hydrogen-bond donors (Lipinski definition) is 1. The maximum absolute atomic E-state index is 13.1. The molecule has 37 heavy (non-hydrogen) atoms. The molecule has 1 aromatic heterocycles. The van der Waals surface area contributed by atoms with Crippen molar-refractivity contribution in [1.82, 2.24) is 14.8 Å². The first kappa shape index (κ1) is 25.9. The molecule has 8 nitrogen and oxygen atoms in total. The minimum absolute atomic E-state index is 0.213. The summed E-state index contributed by atoms with van der Waals surface area (Å²) in [7, 11) is 1.59. The van der Waals surface area contributed by atoms with Gasteiger partial charge in [-0.1, -0.05) is 23.7 Å². The summed E-state index contributed by atoms with van der Waals surface area (Å²) in [6.45, 7) is 6.38. The number of carbonyl (C=O) groups excluding carboxylic acids is 1. The molecule has 1 fully saturated rings. The van der Waals surface area contributed by atoms with Crippen LogP contribution in [0.4, 0.5) is 4.79 Å². The van der Waals surface area contributed by atoms with Crippen LogP contribution in [-0.4, -0.2) is 87.2 Å². The lowest BCUT2D eigenvalue weighted by Gasteiger charge is -2.35. The first-order chi connectivity index (χ1) is 18.1. The fourth-order valence-electron chi connectivity index (χ4n) is 5.15. The van der Waals surface area contributed by atoms with E-state index < -0.39 is 0 Å². The second-order valence-electron chi connectivity index (χ2n) is 9.39. The van der Waals surface area contributed by atoms with Gasteiger partial charge in [0.25, 0.3) is 0 Å². The van der Waals surface area contributed by atoms with Gasteiger partial charge in [-0.2, -0.15) is 0 Å². The van der Waals surface area contributed by atoms with E-state index in [4.69, 9.17) is 30.5 Å². The van der Waals surface area contributed by atoms with Crippen LogP contribution in [0.5, 0.6) is 5.75 Å². The van der Waals surface area contributed by atoms with Crippen LogP contribution in [0.25, 0.3) is 10.9 Å². The van der Waals surface area contributed by atoms with Gasteiger partial charge in [0.05, 0.1) is 26.4 Å². The molecule has 1 unspecified atom stereocenters.